The van der Waals surface area contributed by atoms with Gasteiger partial charge < -0.3 is 14.2 Å². The largest absolute Gasteiger partial charge is 0.493 e. The molecule has 0 saturated carbocycles. The number of fused-ring (bicyclic) bond motifs is 1. The minimum atomic E-state index is -0.159. The zero-order chi connectivity index (χ0) is 17.4. The first-order valence-electron chi connectivity index (χ1n) is 8.62. The molecule has 1 aromatic rings. The summed E-state index contributed by atoms with van der Waals surface area (Å²) in [6.45, 7) is 8.05. The molecule has 0 amide bonds. The summed E-state index contributed by atoms with van der Waals surface area (Å²) in [6, 6.07) is 6.09. The van der Waals surface area contributed by atoms with Crippen molar-refractivity contribution in [1.29, 1.82) is 0 Å². The van der Waals surface area contributed by atoms with Crippen molar-refractivity contribution in [2.24, 2.45) is 0 Å². The number of hydrogen-bond donors (Lipinski definition) is 0. The Bertz CT molecular complexity index is 608. The average Bonchev–Trinajstić information content (AvgIpc) is 3.00. The first-order valence-corrected chi connectivity index (χ1v) is 8.62. The highest BCUT2D eigenvalue weighted by molar-refractivity contribution is 5.42. The molecular weight excluding hydrogens is 300 g/mol. The molecule has 3 heteroatoms. The summed E-state index contributed by atoms with van der Waals surface area (Å²) in [4.78, 5) is 0. The zero-order valence-corrected chi connectivity index (χ0v) is 15.1. The van der Waals surface area contributed by atoms with Crippen LogP contribution in [0.15, 0.2) is 29.8 Å². The molecule has 24 heavy (non-hydrogen) atoms. The van der Waals surface area contributed by atoms with E-state index in [4.69, 9.17) is 20.6 Å². The van der Waals surface area contributed by atoms with Gasteiger partial charge in [0.15, 0.2) is 0 Å². The van der Waals surface area contributed by atoms with E-state index in [1.54, 1.807) is 0 Å². The van der Waals surface area contributed by atoms with Gasteiger partial charge in [-0.1, -0.05) is 17.6 Å². The summed E-state index contributed by atoms with van der Waals surface area (Å²) >= 11 is 0. The van der Waals surface area contributed by atoms with Crippen molar-refractivity contribution >= 4 is 0 Å². The summed E-state index contributed by atoms with van der Waals surface area (Å²) in [5.74, 6) is 4.35. The van der Waals surface area contributed by atoms with Gasteiger partial charge in [0.2, 0.25) is 0 Å². The van der Waals surface area contributed by atoms with Crippen molar-refractivity contribution in [2.75, 3.05) is 19.8 Å². The molecule has 1 aromatic carbocycles. The van der Waals surface area contributed by atoms with Crippen LogP contribution in [-0.4, -0.2) is 25.4 Å². The van der Waals surface area contributed by atoms with E-state index in [1.807, 2.05) is 12.1 Å². The monoisotopic (exact) mass is 328 g/mol. The number of rotatable bonds is 9. The summed E-state index contributed by atoms with van der Waals surface area (Å²) < 4.78 is 17.0. The zero-order valence-electron chi connectivity index (χ0n) is 15.1. The van der Waals surface area contributed by atoms with Crippen molar-refractivity contribution in [1.82, 2.24) is 0 Å². The minimum absolute atomic E-state index is 0.159. The van der Waals surface area contributed by atoms with Gasteiger partial charge in [0.1, 0.15) is 24.7 Å². The minimum Gasteiger partial charge on any atom is -0.493 e. The van der Waals surface area contributed by atoms with Crippen LogP contribution in [0.4, 0.5) is 0 Å². The molecule has 0 aliphatic carbocycles. The molecule has 2 rings (SSSR count). The van der Waals surface area contributed by atoms with Gasteiger partial charge in [-0.2, -0.15) is 0 Å². The van der Waals surface area contributed by atoms with Gasteiger partial charge in [-0.05, 0) is 57.7 Å². The van der Waals surface area contributed by atoms with Crippen molar-refractivity contribution in [3.05, 3.63) is 35.4 Å². The van der Waals surface area contributed by atoms with E-state index in [1.165, 1.54) is 11.1 Å². The van der Waals surface area contributed by atoms with Crippen LogP contribution in [0.2, 0.25) is 0 Å². The summed E-state index contributed by atoms with van der Waals surface area (Å²) in [5, 5.41) is 0. The molecule has 0 spiro atoms. The lowest BCUT2D eigenvalue weighted by atomic mass is 9.99. The highest BCUT2D eigenvalue weighted by atomic mass is 16.5. The molecule has 0 aromatic heterocycles. The maximum Gasteiger partial charge on any atom is 0.126 e. The fraction of sp³-hybridized carbons (Fsp3) is 0.524. The molecule has 0 bridgehead atoms. The van der Waals surface area contributed by atoms with Crippen LogP contribution in [-0.2, 0) is 11.2 Å². The van der Waals surface area contributed by atoms with Gasteiger partial charge in [0, 0.05) is 12.5 Å². The van der Waals surface area contributed by atoms with E-state index in [0.717, 1.165) is 43.8 Å². The fourth-order valence-corrected chi connectivity index (χ4v) is 2.72. The van der Waals surface area contributed by atoms with Crippen LogP contribution < -0.4 is 9.47 Å². The second kappa shape index (κ2) is 8.80. The van der Waals surface area contributed by atoms with E-state index in [-0.39, 0.29) is 5.60 Å². The first-order chi connectivity index (χ1) is 11.5. The predicted octanol–water partition coefficient (Wildman–Crippen LogP) is 4.55. The third kappa shape index (κ3) is 5.94. The number of allylic oxidation sites excluding steroid dienone is 1. The van der Waals surface area contributed by atoms with Crippen molar-refractivity contribution < 1.29 is 14.2 Å². The molecule has 0 saturated heterocycles. The Morgan fingerprint density at radius 2 is 2.25 bits per heavy atom. The van der Waals surface area contributed by atoms with Crippen LogP contribution in [0.1, 0.15) is 45.6 Å². The number of ether oxygens (including phenoxy) is 3. The third-order valence-electron chi connectivity index (χ3n) is 4.25. The Balaban J connectivity index is 1.69. The summed E-state index contributed by atoms with van der Waals surface area (Å²) in [6.07, 6.45) is 11.5. The molecule has 130 valence electrons. The van der Waals surface area contributed by atoms with Gasteiger partial charge >= 0.3 is 0 Å². The Hall–Kier alpha value is -1.92. The third-order valence-corrected chi connectivity index (χ3v) is 4.25. The smallest absolute Gasteiger partial charge is 0.126 e. The van der Waals surface area contributed by atoms with Crippen LogP contribution >= 0.6 is 0 Å². The average molecular weight is 328 g/mol. The highest BCUT2D eigenvalue weighted by Crippen LogP contribution is 2.29. The lowest BCUT2D eigenvalue weighted by Crippen LogP contribution is -2.24. The fourth-order valence-electron chi connectivity index (χ4n) is 2.72. The van der Waals surface area contributed by atoms with E-state index in [2.05, 4.69) is 38.8 Å². The molecule has 0 N–H and O–H groups in total. The molecule has 1 heterocycles. The number of terminal acetylenes is 1. The lowest BCUT2D eigenvalue weighted by molar-refractivity contribution is -0.00564. The first kappa shape index (κ1) is 18.4. The molecule has 1 aliphatic heterocycles. The van der Waals surface area contributed by atoms with Gasteiger partial charge in [0.05, 0.1) is 12.2 Å². The van der Waals surface area contributed by atoms with Gasteiger partial charge in [-0.3, -0.25) is 0 Å². The molecule has 0 radical (unpaired) electrons. The van der Waals surface area contributed by atoms with Gasteiger partial charge in [0.25, 0.3) is 0 Å². The van der Waals surface area contributed by atoms with Crippen molar-refractivity contribution in [3.63, 3.8) is 0 Å². The standard InChI is InChI=1S/C21H28O3/c1-5-13-24-21(3,4)12-6-7-17(2)10-14-22-19-9-8-18-11-15-23-20(18)16-19/h1,8-10,16H,6-7,11-15H2,2-4H3/b17-10+. The van der Waals surface area contributed by atoms with Gasteiger partial charge in [-0.25, -0.2) is 0 Å². The van der Waals surface area contributed by atoms with Crippen LogP contribution in [0, 0.1) is 12.3 Å². The lowest BCUT2D eigenvalue weighted by Gasteiger charge is -2.24. The molecular formula is C21H28O3. The Kier molecular flexibility index (Phi) is 6.75. The second-order valence-electron chi connectivity index (χ2n) is 6.84. The number of benzene rings is 1. The van der Waals surface area contributed by atoms with Crippen molar-refractivity contribution in [3.8, 4) is 23.8 Å². The Morgan fingerprint density at radius 3 is 3.04 bits per heavy atom. The SMILES string of the molecule is C#CCOC(C)(C)CCC/C(C)=C/COc1ccc2c(c1)OCC2. The van der Waals surface area contributed by atoms with Crippen LogP contribution in [0.5, 0.6) is 11.5 Å². The van der Waals surface area contributed by atoms with Crippen LogP contribution in [0.3, 0.4) is 0 Å². The molecule has 1 aliphatic rings. The van der Waals surface area contributed by atoms with E-state index in [9.17, 15) is 0 Å². The maximum absolute atomic E-state index is 5.80. The molecule has 0 atom stereocenters. The van der Waals surface area contributed by atoms with Crippen LogP contribution in [0.25, 0.3) is 0 Å². The summed E-state index contributed by atoms with van der Waals surface area (Å²) in [7, 11) is 0. The van der Waals surface area contributed by atoms with Crippen molar-refractivity contribution in [2.45, 2.75) is 52.1 Å². The normalized spacial score (nSPS) is 14.0. The molecule has 3 nitrogen and oxygen atoms in total. The van der Waals surface area contributed by atoms with E-state index < -0.39 is 0 Å². The Labute approximate surface area is 146 Å². The highest BCUT2D eigenvalue weighted by Gasteiger charge is 2.17. The summed E-state index contributed by atoms with van der Waals surface area (Å²) in [5.41, 5.74) is 2.44. The quantitative estimate of drug-likeness (QED) is 0.492. The molecule has 0 unspecified atom stereocenters. The Morgan fingerprint density at radius 1 is 1.42 bits per heavy atom. The van der Waals surface area contributed by atoms with E-state index >= 15 is 0 Å². The topological polar surface area (TPSA) is 27.7 Å². The second-order valence-corrected chi connectivity index (χ2v) is 6.84. The van der Waals surface area contributed by atoms with E-state index in [0.29, 0.717) is 13.2 Å². The maximum atomic E-state index is 5.80. The predicted molar refractivity (Wildman–Crippen MR) is 97.6 cm³/mol. The number of hydrogen-bond acceptors (Lipinski definition) is 3. The molecule has 0 fully saturated rings. The van der Waals surface area contributed by atoms with Gasteiger partial charge in [-0.15, -0.1) is 6.42 Å².